The van der Waals surface area contributed by atoms with Crippen molar-refractivity contribution >= 4 is 0 Å². The number of hydrogen-bond acceptors (Lipinski definition) is 6. The topological polar surface area (TPSA) is 54.4 Å². The molecule has 0 aromatic heterocycles. The molecule has 6 heteroatoms. The lowest BCUT2D eigenvalue weighted by Gasteiger charge is -2.31. The third-order valence-electron chi connectivity index (χ3n) is 5.46. The molecule has 0 saturated carbocycles. The van der Waals surface area contributed by atoms with E-state index in [4.69, 9.17) is 14.2 Å². The van der Waals surface area contributed by atoms with Gasteiger partial charge in [0.15, 0.2) is 0 Å². The second-order valence-electron chi connectivity index (χ2n) is 7.76. The largest absolute Gasteiger partial charge is 0.497 e. The van der Waals surface area contributed by atoms with Crippen LogP contribution >= 0.6 is 0 Å². The van der Waals surface area contributed by atoms with Crippen LogP contribution in [0.15, 0.2) is 48.5 Å². The van der Waals surface area contributed by atoms with E-state index < -0.39 is 6.10 Å². The number of nitrogens with zero attached hydrogens (tertiary/aromatic N) is 2. The second kappa shape index (κ2) is 11.9. The number of rotatable bonds is 11. The van der Waals surface area contributed by atoms with Crippen molar-refractivity contribution in [2.75, 3.05) is 59.7 Å². The van der Waals surface area contributed by atoms with Crippen LogP contribution in [0.5, 0.6) is 11.5 Å². The molecule has 0 radical (unpaired) electrons. The fraction of sp³-hybridized carbons (Fsp3) is 0.500. The second-order valence-corrected chi connectivity index (χ2v) is 7.76. The van der Waals surface area contributed by atoms with Crippen molar-refractivity contribution in [3.63, 3.8) is 0 Å². The van der Waals surface area contributed by atoms with Gasteiger partial charge in [-0.2, -0.15) is 0 Å². The molecule has 6 nitrogen and oxygen atoms in total. The molecule has 3 rings (SSSR count). The maximum absolute atomic E-state index is 10.6. The average Bonchev–Trinajstić information content (AvgIpc) is 2.78. The van der Waals surface area contributed by atoms with Gasteiger partial charge < -0.3 is 19.3 Å². The van der Waals surface area contributed by atoms with Crippen LogP contribution in [-0.4, -0.2) is 80.7 Å². The predicted octanol–water partition coefficient (Wildman–Crippen LogP) is 2.58. The number of hydrogen-bond donors (Lipinski definition) is 1. The molecule has 0 bridgehead atoms. The van der Waals surface area contributed by atoms with Crippen LogP contribution in [0, 0.1) is 6.92 Å². The number of morpholine rings is 1. The predicted molar refractivity (Wildman–Crippen MR) is 118 cm³/mol. The Labute approximate surface area is 180 Å². The van der Waals surface area contributed by atoms with Gasteiger partial charge in [-0.05, 0) is 42.3 Å². The SMILES string of the molecule is COc1ccc(OC[C@@H](O)CN(CCN2CCOCC2)Cc2ccccc2C)cc1. The molecule has 0 spiro atoms. The summed E-state index contributed by atoms with van der Waals surface area (Å²) >= 11 is 0. The zero-order chi connectivity index (χ0) is 21.2. The summed E-state index contributed by atoms with van der Waals surface area (Å²) in [5, 5.41) is 10.6. The molecular formula is C24H34N2O4. The first-order valence-electron chi connectivity index (χ1n) is 10.7. The van der Waals surface area contributed by atoms with E-state index in [9.17, 15) is 5.11 Å². The summed E-state index contributed by atoms with van der Waals surface area (Å²) in [7, 11) is 1.64. The smallest absolute Gasteiger partial charge is 0.119 e. The van der Waals surface area contributed by atoms with E-state index in [1.807, 2.05) is 24.3 Å². The molecular weight excluding hydrogens is 380 g/mol. The Morgan fingerprint density at radius 2 is 1.77 bits per heavy atom. The molecule has 30 heavy (non-hydrogen) atoms. The summed E-state index contributed by atoms with van der Waals surface area (Å²) in [6.07, 6.45) is -0.569. The van der Waals surface area contributed by atoms with Crippen molar-refractivity contribution in [1.29, 1.82) is 0 Å². The monoisotopic (exact) mass is 414 g/mol. The van der Waals surface area contributed by atoms with Crippen molar-refractivity contribution in [1.82, 2.24) is 9.80 Å². The molecule has 0 unspecified atom stereocenters. The van der Waals surface area contributed by atoms with Crippen molar-refractivity contribution < 1.29 is 19.3 Å². The summed E-state index contributed by atoms with van der Waals surface area (Å²) in [4.78, 5) is 4.74. The minimum Gasteiger partial charge on any atom is -0.497 e. The molecule has 1 aliphatic rings. The van der Waals surface area contributed by atoms with Crippen molar-refractivity contribution in [2.24, 2.45) is 0 Å². The minimum absolute atomic E-state index is 0.258. The van der Waals surface area contributed by atoms with Crippen LogP contribution in [0.25, 0.3) is 0 Å². The molecule has 164 valence electrons. The van der Waals surface area contributed by atoms with Crippen LogP contribution in [0.4, 0.5) is 0 Å². The Balaban J connectivity index is 1.54. The van der Waals surface area contributed by atoms with E-state index in [-0.39, 0.29) is 6.61 Å². The van der Waals surface area contributed by atoms with E-state index in [1.54, 1.807) is 7.11 Å². The first-order chi connectivity index (χ1) is 14.6. The number of aliphatic hydroxyl groups is 1. The van der Waals surface area contributed by atoms with Crippen LogP contribution in [0.2, 0.25) is 0 Å². The number of methoxy groups -OCH3 is 1. The number of aliphatic hydroxyl groups excluding tert-OH is 1. The Bertz CT molecular complexity index is 747. The van der Waals surface area contributed by atoms with Crippen LogP contribution in [0.3, 0.4) is 0 Å². The fourth-order valence-corrected chi connectivity index (χ4v) is 3.59. The van der Waals surface area contributed by atoms with E-state index in [0.29, 0.717) is 6.54 Å². The summed E-state index contributed by atoms with van der Waals surface area (Å²) in [6, 6.07) is 15.9. The van der Waals surface area contributed by atoms with Gasteiger partial charge in [-0.3, -0.25) is 9.80 Å². The minimum atomic E-state index is -0.569. The summed E-state index contributed by atoms with van der Waals surface area (Å²) in [6.45, 7) is 9.20. The van der Waals surface area contributed by atoms with Gasteiger partial charge in [0, 0.05) is 39.3 Å². The molecule has 2 aromatic rings. The number of benzene rings is 2. The fourth-order valence-electron chi connectivity index (χ4n) is 3.59. The Kier molecular flexibility index (Phi) is 8.96. The molecule has 1 saturated heterocycles. The Morgan fingerprint density at radius 1 is 1.07 bits per heavy atom. The van der Waals surface area contributed by atoms with Gasteiger partial charge in [-0.15, -0.1) is 0 Å². The van der Waals surface area contributed by atoms with Gasteiger partial charge in [0.2, 0.25) is 0 Å². The van der Waals surface area contributed by atoms with E-state index >= 15 is 0 Å². The van der Waals surface area contributed by atoms with E-state index in [2.05, 4.69) is 41.0 Å². The Morgan fingerprint density at radius 3 is 2.47 bits per heavy atom. The van der Waals surface area contributed by atoms with Gasteiger partial charge in [0.25, 0.3) is 0 Å². The molecule has 0 aliphatic carbocycles. The van der Waals surface area contributed by atoms with Crippen molar-refractivity contribution in [3.8, 4) is 11.5 Å². The van der Waals surface area contributed by atoms with Gasteiger partial charge in [0.1, 0.15) is 24.2 Å². The lowest BCUT2D eigenvalue weighted by atomic mass is 10.1. The zero-order valence-electron chi connectivity index (χ0n) is 18.1. The van der Waals surface area contributed by atoms with Gasteiger partial charge in [-0.25, -0.2) is 0 Å². The highest BCUT2D eigenvalue weighted by Crippen LogP contribution is 2.17. The lowest BCUT2D eigenvalue weighted by Crippen LogP contribution is -2.43. The highest BCUT2D eigenvalue weighted by molar-refractivity contribution is 5.31. The number of aryl methyl sites for hydroxylation is 1. The standard InChI is InChI=1S/C24H34N2O4/c1-20-5-3-4-6-21(20)17-26(12-11-25-13-15-29-16-14-25)18-22(27)19-30-24-9-7-23(28-2)8-10-24/h3-10,22,27H,11-19H2,1-2H3/t22-/m0/s1. The van der Waals surface area contributed by atoms with Crippen molar-refractivity contribution in [2.45, 2.75) is 19.6 Å². The van der Waals surface area contributed by atoms with Gasteiger partial charge in [0.05, 0.1) is 20.3 Å². The molecule has 1 heterocycles. The van der Waals surface area contributed by atoms with Gasteiger partial charge in [-0.1, -0.05) is 24.3 Å². The molecule has 1 N–H and O–H groups in total. The molecule has 1 atom stereocenters. The molecule has 1 fully saturated rings. The summed E-state index contributed by atoms with van der Waals surface area (Å²) < 4.78 is 16.4. The Hall–Kier alpha value is -2.12. The highest BCUT2D eigenvalue weighted by Gasteiger charge is 2.17. The molecule has 2 aromatic carbocycles. The van der Waals surface area contributed by atoms with E-state index in [0.717, 1.165) is 57.4 Å². The summed E-state index contributed by atoms with van der Waals surface area (Å²) in [5.74, 6) is 1.52. The quantitative estimate of drug-likeness (QED) is 0.610. The first-order valence-corrected chi connectivity index (χ1v) is 10.7. The average molecular weight is 415 g/mol. The molecule has 0 amide bonds. The maximum Gasteiger partial charge on any atom is 0.119 e. The van der Waals surface area contributed by atoms with Crippen LogP contribution in [-0.2, 0) is 11.3 Å². The lowest BCUT2D eigenvalue weighted by molar-refractivity contribution is 0.0255. The first kappa shape index (κ1) is 22.6. The normalized spacial score (nSPS) is 15.9. The molecule has 1 aliphatic heterocycles. The highest BCUT2D eigenvalue weighted by atomic mass is 16.5. The maximum atomic E-state index is 10.6. The number of ether oxygens (including phenoxy) is 3. The third-order valence-corrected chi connectivity index (χ3v) is 5.46. The zero-order valence-corrected chi connectivity index (χ0v) is 18.1. The van der Waals surface area contributed by atoms with Crippen molar-refractivity contribution in [3.05, 3.63) is 59.7 Å². The van der Waals surface area contributed by atoms with E-state index in [1.165, 1.54) is 11.1 Å². The van der Waals surface area contributed by atoms with Gasteiger partial charge >= 0.3 is 0 Å². The van der Waals surface area contributed by atoms with Crippen LogP contribution in [0.1, 0.15) is 11.1 Å². The third kappa shape index (κ3) is 7.29. The van der Waals surface area contributed by atoms with Crippen LogP contribution < -0.4 is 9.47 Å². The summed E-state index contributed by atoms with van der Waals surface area (Å²) in [5.41, 5.74) is 2.57.